The fraction of sp³-hybridized carbons (Fsp3) is 0.125. The van der Waals surface area contributed by atoms with Crippen LogP contribution in [0.15, 0.2) is 88.5 Å². The first kappa shape index (κ1) is 20.6. The number of amides is 1. The molecule has 0 saturated carbocycles. The van der Waals surface area contributed by atoms with Gasteiger partial charge in [-0.1, -0.05) is 66.2 Å². The summed E-state index contributed by atoms with van der Waals surface area (Å²) in [6.07, 6.45) is 0. The van der Waals surface area contributed by atoms with E-state index in [-0.39, 0.29) is 19.0 Å². The largest absolute Gasteiger partial charge is 0.350 e. The molecule has 7 heteroatoms. The van der Waals surface area contributed by atoms with E-state index in [1.54, 1.807) is 36.4 Å². The summed E-state index contributed by atoms with van der Waals surface area (Å²) in [5, 5.41) is 3.40. The van der Waals surface area contributed by atoms with Gasteiger partial charge >= 0.3 is 11.1 Å². The maximum Gasteiger partial charge on any atom is 0.317 e. The molecule has 0 atom stereocenters. The Morgan fingerprint density at radius 3 is 2.00 bits per heavy atom. The predicted octanol–water partition coefficient (Wildman–Crippen LogP) is 3.18. The van der Waals surface area contributed by atoms with Gasteiger partial charge < -0.3 is 5.32 Å². The quantitative estimate of drug-likeness (QED) is 0.475. The van der Waals surface area contributed by atoms with Crippen molar-refractivity contribution in [3.63, 3.8) is 0 Å². The van der Waals surface area contributed by atoms with Gasteiger partial charge in [0, 0.05) is 11.6 Å². The number of fused-ring (bicyclic) bond motifs is 1. The summed E-state index contributed by atoms with van der Waals surface area (Å²) >= 11 is 5.88. The highest BCUT2D eigenvalue weighted by atomic mass is 35.5. The van der Waals surface area contributed by atoms with E-state index < -0.39 is 11.1 Å². The smallest absolute Gasteiger partial charge is 0.317 e. The first-order valence-electron chi connectivity index (χ1n) is 9.80. The third-order valence-electron chi connectivity index (χ3n) is 5.02. The van der Waals surface area contributed by atoms with E-state index in [1.807, 2.05) is 42.5 Å². The van der Waals surface area contributed by atoms with Crippen LogP contribution in [0.4, 0.5) is 0 Å². The van der Waals surface area contributed by atoms with E-state index in [0.717, 1.165) is 11.1 Å². The Hall–Kier alpha value is -3.64. The molecule has 0 saturated heterocycles. The number of aromatic nitrogens is 2. The average Bonchev–Trinajstić information content (AvgIpc) is 2.80. The first-order valence-corrected chi connectivity index (χ1v) is 10.2. The maximum absolute atomic E-state index is 12.9. The molecule has 0 aliphatic carbocycles. The van der Waals surface area contributed by atoms with Crippen molar-refractivity contribution >= 4 is 28.5 Å². The van der Waals surface area contributed by atoms with Crippen LogP contribution in [0.1, 0.15) is 11.1 Å². The molecule has 0 bridgehead atoms. The molecule has 6 nitrogen and oxygen atoms in total. The molecule has 1 heterocycles. The third kappa shape index (κ3) is 4.59. The van der Waals surface area contributed by atoms with Crippen molar-refractivity contribution in [1.82, 2.24) is 14.5 Å². The van der Waals surface area contributed by atoms with Gasteiger partial charge in [0.1, 0.15) is 6.54 Å². The Morgan fingerprint density at radius 1 is 0.742 bits per heavy atom. The summed E-state index contributed by atoms with van der Waals surface area (Å²) in [5.41, 5.74) is 1.54. The molecule has 0 aliphatic heterocycles. The van der Waals surface area contributed by atoms with E-state index in [0.29, 0.717) is 22.6 Å². The van der Waals surface area contributed by atoms with Crippen LogP contribution >= 0.6 is 11.6 Å². The van der Waals surface area contributed by atoms with Crippen molar-refractivity contribution < 1.29 is 4.79 Å². The first-order chi connectivity index (χ1) is 15.0. The van der Waals surface area contributed by atoms with Crippen LogP contribution in [0.25, 0.3) is 11.0 Å². The molecule has 156 valence electrons. The van der Waals surface area contributed by atoms with Crippen molar-refractivity contribution in [2.24, 2.45) is 0 Å². The second kappa shape index (κ2) is 9.02. The van der Waals surface area contributed by atoms with Gasteiger partial charge in [0.05, 0.1) is 17.6 Å². The van der Waals surface area contributed by atoms with Crippen LogP contribution in [0, 0.1) is 0 Å². The standard InChI is InChI=1S/C24H20ClN3O3/c25-19-12-10-17(11-13-19)14-26-22(29)16-28-21-9-5-4-8-20(21)27(23(30)24(28)31)15-18-6-2-1-3-7-18/h1-13H,14-16H2,(H,26,29). The lowest BCUT2D eigenvalue weighted by atomic mass is 10.2. The fourth-order valence-corrected chi connectivity index (χ4v) is 3.58. The molecule has 4 aromatic rings. The zero-order valence-corrected chi connectivity index (χ0v) is 17.4. The van der Waals surface area contributed by atoms with Crippen molar-refractivity contribution in [3.8, 4) is 0 Å². The molecule has 0 radical (unpaired) electrons. The Morgan fingerprint density at radius 2 is 1.32 bits per heavy atom. The lowest BCUT2D eigenvalue weighted by Gasteiger charge is -2.15. The lowest BCUT2D eigenvalue weighted by molar-refractivity contribution is -0.121. The number of carbonyl (C=O) groups is 1. The summed E-state index contributed by atoms with van der Waals surface area (Å²) in [5.74, 6) is -0.359. The molecule has 3 aromatic carbocycles. The summed E-state index contributed by atoms with van der Waals surface area (Å²) in [6.45, 7) is 0.334. The van der Waals surface area contributed by atoms with Crippen LogP contribution < -0.4 is 16.4 Å². The lowest BCUT2D eigenvalue weighted by Crippen LogP contribution is -2.44. The molecular formula is C24H20ClN3O3. The van der Waals surface area contributed by atoms with E-state index in [4.69, 9.17) is 11.6 Å². The van der Waals surface area contributed by atoms with Crippen LogP contribution in [0.2, 0.25) is 5.02 Å². The number of hydrogen-bond acceptors (Lipinski definition) is 3. The summed E-state index contributed by atoms with van der Waals surface area (Å²) in [4.78, 5) is 38.3. The normalized spacial score (nSPS) is 10.9. The van der Waals surface area contributed by atoms with Crippen LogP contribution in [-0.4, -0.2) is 15.0 Å². The molecule has 0 aliphatic rings. The monoisotopic (exact) mass is 433 g/mol. The summed E-state index contributed by atoms with van der Waals surface area (Å²) < 4.78 is 2.69. The minimum Gasteiger partial charge on any atom is -0.350 e. The molecule has 1 amide bonds. The van der Waals surface area contributed by atoms with Crippen molar-refractivity contribution in [2.75, 3.05) is 0 Å². The molecule has 1 N–H and O–H groups in total. The Balaban J connectivity index is 1.64. The molecule has 0 spiro atoms. The van der Waals surface area contributed by atoms with Gasteiger partial charge in [0.25, 0.3) is 0 Å². The number of hydrogen-bond donors (Lipinski definition) is 1. The van der Waals surface area contributed by atoms with Gasteiger partial charge in [-0.05, 0) is 35.4 Å². The minimum absolute atomic E-state index is 0.242. The number of nitrogens with one attached hydrogen (secondary N) is 1. The summed E-state index contributed by atoms with van der Waals surface area (Å²) in [6, 6.07) is 23.7. The molecule has 31 heavy (non-hydrogen) atoms. The number of halogens is 1. The van der Waals surface area contributed by atoms with Crippen LogP contribution in [0.3, 0.4) is 0 Å². The SMILES string of the molecule is O=C(Cn1c(=O)c(=O)n(Cc2ccccc2)c2ccccc21)NCc1ccc(Cl)cc1. The Bertz CT molecular complexity index is 1340. The highest BCUT2D eigenvalue weighted by molar-refractivity contribution is 6.30. The molecule has 1 aromatic heterocycles. The topological polar surface area (TPSA) is 73.1 Å². The predicted molar refractivity (Wildman–Crippen MR) is 121 cm³/mol. The number of para-hydroxylation sites is 2. The molecule has 0 fully saturated rings. The van der Waals surface area contributed by atoms with Gasteiger partial charge in [0.2, 0.25) is 5.91 Å². The maximum atomic E-state index is 12.9. The Kier molecular flexibility index (Phi) is 6.00. The highest BCUT2D eigenvalue weighted by Gasteiger charge is 2.15. The van der Waals surface area contributed by atoms with Crippen LogP contribution in [-0.2, 0) is 24.4 Å². The zero-order chi connectivity index (χ0) is 21.8. The van der Waals surface area contributed by atoms with Gasteiger partial charge in [-0.3, -0.25) is 23.5 Å². The van der Waals surface area contributed by atoms with Crippen molar-refractivity contribution in [2.45, 2.75) is 19.6 Å². The third-order valence-corrected chi connectivity index (χ3v) is 5.28. The molecule has 4 rings (SSSR count). The average molecular weight is 434 g/mol. The van der Waals surface area contributed by atoms with E-state index in [1.165, 1.54) is 9.13 Å². The van der Waals surface area contributed by atoms with E-state index in [2.05, 4.69) is 5.32 Å². The second-order valence-corrected chi connectivity index (χ2v) is 7.60. The molecule has 0 unspecified atom stereocenters. The van der Waals surface area contributed by atoms with E-state index >= 15 is 0 Å². The highest BCUT2D eigenvalue weighted by Crippen LogP contribution is 2.13. The van der Waals surface area contributed by atoms with E-state index in [9.17, 15) is 14.4 Å². The van der Waals surface area contributed by atoms with Gasteiger partial charge in [0.15, 0.2) is 0 Å². The van der Waals surface area contributed by atoms with Crippen molar-refractivity contribution in [3.05, 3.63) is 116 Å². The zero-order valence-electron chi connectivity index (χ0n) is 16.6. The number of rotatable bonds is 6. The fourth-order valence-electron chi connectivity index (χ4n) is 3.45. The minimum atomic E-state index is -0.726. The second-order valence-electron chi connectivity index (χ2n) is 7.16. The Labute approximate surface area is 183 Å². The van der Waals surface area contributed by atoms with Crippen molar-refractivity contribution in [1.29, 1.82) is 0 Å². The number of carbonyl (C=O) groups excluding carboxylic acids is 1. The number of benzene rings is 3. The summed E-state index contributed by atoms with van der Waals surface area (Å²) in [7, 11) is 0. The molecular weight excluding hydrogens is 414 g/mol. The van der Waals surface area contributed by atoms with Gasteiger partial charge in [-0.25, -0.2) is 0 Å². The van der Waals surface area contributed by atoms with Gasteiger partial charge in [-0.15, -0.1) is 0 Å². The van der Waals surface area contributed by atoms with Crippen LogP contribution in [0.5, 0.6) is 0 Å². The number of nitrogens with zero attached hydrogens (tertiary/aromatic N) is 2. The van der Waals surface area contributed by atoms with Gasteiger partial charge in [-0.2, -0.15) is 0 Å².